The first-order valence-electron chi connectivity index (χ1n) is 28.1. The molecule has 2 atom stereocenters. The molecule has 0 spiro atoms. The van der Waals surface area contributed by atoms with Gasteiger partial charge in [-0.15, -0.1) is 0 Å². The van der Waals surface area contributed by atoms with Crippen LogP contribution in [-0.2, 0) is 9.53 Å². The maximum atomic E-state index is 15.1. The molecule has 2 aliphatic heterocycles. The maximum Gasteiger partial charge on any atom is 0.410 e. The number of phenols is 2. The molecule has 12 rings (SSSR count). The van der Waals surface area contributed by atoms with E-state index in [1.165, 1.54) is 51.6 Å². The van der Waals surface area contributed by atoms with E-state index >= 15 is 8.78 Å². The van der Waals surface area contributed by atoms with Gasteiger partial charge < -0.3 is 34.5 Å². The predicted octanol–water partition coefficient (Wildman–Crippen LogP) is 10.7. The Balaban J connectivity index is 0.000000177. The van der Waals surface area contributed by atoms with Crippen molar-refractivity contribution in [2.75, 3.05) is 49.1 Å². The lowest BCUT2D eigenvalue weighted by atomic mass is 10.1. The molecule has 2 aromatic carbocycles. The van der Waals surface area contributed by atoms with Crippen molar-refractivity contribution in [3.63, 3.8) is 0 Å². The summed E-state index contributed by atoms with van der Waals surface area (Å²) < 4.78 is 38.5. The van der Waals surface area contributed by atoms with Gasteiger partial charge in [-0.2, -0.15) is 9.97 Å². The third kappa shape index (κ3) is 11.2. The van der Waals surface area contributed by atoms with Crippen LogP contribution in [0.5, 0.6) is 11.5 Å². The molecule has 2 saturated heterocycles. The van der Waals surface area contributed by atoms with Crippen LogP contribution in [0, 0.1) is 25.5 Å². The van der Waals surface area contributed by atoms with Crippen molar-refractivity contribution in [1.82, 2.24) is 48.8 Å². The molecule has 0 bridgehead atoms. The number of phenolic OH excluding ortho intramolecular Hbond substituents is 2. The highest BCUT2D eigenvalue weighted by Crippen LogP contribution is 2.46. The molecule has 4 fully saturated rings. The van der Waals surface area contributed by atoms with Gasteiger partial charge >= 0.3 is 17.5 Å². The summed E-state index contributed by atoms with van der Waals surface area (Å²) in [5, 5.41) is 22.3. The van der Waals surface area contributed by atoms with E-state index in [0.717, 1.165) is 48.2 Å². The Labute approximate surface area is 497 Å². The van der Waals surface area contributed by atoms with E-state index in [0.29, 0.717) is 73.1 Å². The van der Waals surface area contributed by atoms with Crippen LogP contribution in [0.2, 0.25) is 10.0 Å². The number of nitrogens with zero attached hydrogens (tertiary/aromatic N) is 12. The van der Waals surface area contributed by atoms with Crippen molar-refractivity contribution in [3.05, 3.63) is 151 Å². The number of hydrogen-bond donors (Lipinski definition) is 2. The zero-order valence-corrected chi connectivity index (χ0v) is 49.4. The second kappa shape index (κ2) is 22.8. The van der Waals surface area contributed by atoms with Gasteiger partial charge in [0.2, 0.25) is 5.91 Å². The van der Waals surface area contributed by atoms with Crippen molar-refractivity contribution in [3.8, 4) is 45.4 Å². The van der Waals surface area contributed by atoms with Gasteiger partial charge in [0.25, 0.3) is 0 Å². The monoisotopic (exact) mass is 1190 g/mol. The molecule has 2 saturated carbocycles. The molecule has 8 heterocycles. The first-order valence-corrected chi connectivity index (χ1v) is 28.9. The molecule has 2 N–H and O–H groups in total. The Morgan fingerprint density at radius 1 is 0.659 bits per heavy atom. The average molecular weight is 1200 g/mol. The van der Waals surface area contributed by atoms with Gasteiger partial charge in [0, 0.05) is 75.6 Å². The number of carbonyl (C=O) groups is 2. The van der Waals surface area contributed by atoms with Gasteiger partial charge in [0.15, 0.2) is 11.3 Å². The summed E-state index contributed by atoms with van der Waals surface area (Å²) in [6.07, 6.45) is 8.15. The van der Waals surface area contributed by atoms with Crippen molar-refractivity contribution < 1.29 is 33.3 Å². The van der Waals surface area contributed by atoms with E-state index in [2.05, 4.69) is 26.5 Å². The number of rotatable bonds is 9. The van der Waals surface area contributed by atoms with E-state index in [4.69, 9.17) is 37.9 Å². The zero-order valence-electron chi connectivity index (χ0n) is 47.9. The van der Waals surface area contributed by atoms with Gasteiger partial charge in [0.1, 0.15) is 40.4 Å². The van der Waals surface area contributed by atoms with Crippen molar-refractivity contribution in [2.45, 2.75) is 104 Å². The molecule has 6 aromatic heterocycles. The SMILES string of the molecule is C=CC(=O)N1CCN(c2nc(=O)n(-c3c(C)ccnc3C3CC3)c3nc(-c4c(O)cccc4F)c(Cl)cc23)[C@@H](C)C1.Cc1ccnc(C2CC2)c1-n1c(=O)nc(N2CCN(C(=O)OC(C)(C)C)C[C@@H]2C)c2cc(Cl)c(-c3c(O)cccc3F)nc21. The zero-order chi connectivity index (χ0) is 60.5. The molecule has 440 valence electrons. The van der Waals surface area contributed by atoms with Crippen molar-refractivity contribution >= 4 is 68.9 Å². The first-order chi connectivity index (χ1) is 40.5. The smallest absolute Gasteiger partial charge is 0.410 e. The van der Waals surface area contributed by atoms with Crippen LogP contribution in [0.1, 0.15) is 94.7 Å². The highest BCUT2D eigenvalue weighted by Gasteiger charge is 2.37. The summed E-state index contributed by atoms with van der Waals surface area (Å²) in [5.41, 5.74) is 2.69. The van der Waals surface area contributed by atoms with Crippen LogP contribution < -0.4 is 21.2 Å². The lowest BCUT2D eigenvalue weighted by molar-refractivity contribution is -0.126. The number of aromatic hydroxyl groups is 2. The highest BCUT2D eigenvalue weighted by molar-refractivity contribution is 6.34. The van der Waals surface area contributed by atoms with Crippen LogP contribution in [-0.4, -0.2) is 128 Å². The summed E-state index contributed by atoms with van der Waals surface area (Å²) in [6.45, 7) is 19.0. The number of ether oxygens (including phenoxy) is 1. The van der Waals surface area contributed by atoms with Gasteiger partial charge in [-0.1, -0.05) is 41.9 Å². The van der Waals surface area contributed by atoms with E-state index < -0.39 is 34.7 Å². The molecule has 23 heteroatoms. The fourth-order valence-corrected chi connectivity index (χ4v) is 11.8. The number of amides is 2. The molecule has 4 aliphatic rings. The van der Waals surface area contributed by atoms with Crippen LogP contribution in [0.3, 0.4) is 0 Å². The Bertz CT molecular complexity index is 4130. The standard InChI is InChI=1S/C32H34ClFN6O4.C30H28ClFN6O3/c1-17-11-12-35-25(19-9-10-19)27(17)40-29-20(15-21(33)26(36-29)24-22(34)7-6-8-23(24)41)28(37-30(40)42)39-14-13-38(16-18(39)2)31(43)44-32(3,4)5;1-4-23(40)36-12-13-37(17(3)15-36)28-19-14-20(31)26(24-21(32)6-5-7-22(24)39)34-29(19)38(30(41)35-28)27-16(2)10-11-33-25(27)18-8-9-18/h6-8,11-12,15,18-19,41H,9-10,13-14,16H2,1-5H3;4-7,10-11,14,17-18,39H,1,8-9,12-13,15H2,2-3H3/t18-;17-/m00/s1. The summed E-state index contributed by atoms with van der Waals surface area (Å²) in [5.74, 6) is -1.08. The van der Waals surface area contributed by atoms with Gasteiger partial charge in [0.05, 0.1) is 66.1 Å². The Hall–Kier alpha value is -8.56. The van der Waals surface area contributed by atoms with Crippen LogP contribution >= 0.6 is 23.2 Å². The van der Waals surface area contributed by atoms with Crippen molar-refractivity contribution in [2.24, 2.45) is 0 Å². The number of carbonyl (C=O) groups excluding carboxylic acids is 2. The second-order valence-corrected chi connectivity index (χ2v) is 23.8. The second-order valence-electron chi connectivity index (χ2n) is 23.0. The number of halogens is 4. The maximum absolute atomic E-state index is 15.1. The minimum Gasteiger partial charge on any atom is -0.507 e. The summed E-state index contributed by atoms with van der Waals surface area (Å²) in [6, 6.07) is 14.4. The third-order valence-corrected chi connectivity index (χ3v) is 16.3. The largest absolute Gasteiger partial charge is 0.507 e. The Kier molecular flexibility index (Phi) is 15.6. The lowest BCUT2D eigenvalue weighted by Gasteiger charge is -2.41. The number of benzene rings is 2. The normalized spacial score (nSPS) is 17.3. The molecule has 0 radical (unpaired) electrons. The summed E-state index contributed by atoms with van der Waals surface area (Å²) >= 11 is 13.5. The van der Waals surface area contributed by atoms with Crippen LogP contribution in [0.4, 0.5) is 25.2 Å². The topological polar surface area (TPSA) is 218 Å². The number of aromatic nitrogens is 8. The van der Waals surface area contributed by atoms with Gasteiger partial charge in [-0.25, -0.2) is 42.3 Å². The van der Waals surface area contributed by atoms with E-state index in [9.17, 15) is 29.4 Å². The van der Waals surface area contributed by atoms with Crippen molar-refractivity contribution in [1.29, 1.82) is 0 Å². The first kappa shape index (κ1) is 58.2. The number of piperazine rings is 2. The highest BCUT2D eigenvalue weighted by atomic mass is 35.5. The number of fused-ring (bicyclic) bond motifs is 2. The van der Waals surface area contributed by atoms with E-state index in [1.807, 2.05) is 70.4 Å². The Morgan fingerprint density at radius 2 is 1.08 bits per heavy atom. The fraction of sp³-hybridized carbons (Fsp3) is 0.355. The van der Waals surface area contributed by atoms with E-state index in [1.54, 1.807) is 34.3 Å². The van der Waals surface area contributed by atoms with Crippen LogP contribution in [0.25, 0.3) is 56.0 Å². The van der Waals surface area contributed by atoms with E-state index in [-0.39, 0.29) is 85.2 Å². The molecule has 85 heavy (non-hydrogen) atoms. The number of aryl methyl sites for hydroxylation is 2. The minimum absolute atomic E-state index is 0.00243. The number of hydrogen-bond acceptors (Lipinski definition) is 15. The quantitative estimate of drug-likeness (QED) is 0.128. The fourth-order valence-electron chi connectivity index (χ4n) is 11.3. The lowest BCUT2D eigenvalue weighted by Crippen LogP contribution is -2.55. The molecular formula is C62H62Cl2F2N12O7. The van der Waals surface area contributed by atoms with Gasteiger partial charge in [-0.3, -0.25) is 14.8 Å². The predicted molar refractivity (Wildman–Crippen MR) is 322 cm³/mol. The number of anilines is 2. The number of pyridine rings is 4. The molecule has 2 amide bonds. The average Bonchev–Trinajstić information content (AvgIpc) is 2.40. The Morgan fingerprint density at radius 3 is 1.47 bits per heavy atom. The molecule has 2 aliphatic carbocycles. The molecule has 19 nitrogen and oxygen atoms in total. The van der Waals surface area contributed by atoms with Gasteiger partial charge in [-0.05, 0) is 140 Å². The summed E-state index contributed by atoms with van der Waals surface area (Å²) in [7, 11) is 0. The van der Waals surface area contributed by atoms with Crippen LogP contribution in [0.15, 0.2) is 95.3 Å². The molecule has 0 unspecified atom stereocenters. The summed E-state index contributed by atoms with van der Waals surface area (Å²) in [4.78, 5) is 88.2. The minimum atomic E-state index is -0.704. The molecular weight excluding hydrogens is 1130 g/mol. The third-order valence-electron chi connectivity index (χ3n) is 15.7. The molecule has 8 aromatic rings.